The highest BCUT2D eigenvalue weighted by Crippen LogP contribution is 2.36. The van der Waals surface area contributed by atoms with Gasteiger partial charge < -0.3 is 9.72 Å². The molecule has 0 fully saturated rings. The van der Waals surface area contributed by atoms with Gasteiger partial charge in [0, 0.05) is 5.02 Å². The molecule has 3 rings (SSSR count). The normalized spacial score (nSPS) is 10.6. The number of ether oxygens (including phenoxy) is 1. The summed E-state index contributed by atoms with van der Waals surface area (Å²) in [4.78, 5) is 4.38. The van der Waals surface area contributed by atoms with Crippen molar-refractivity contribution in [1.82, 2.24) is 4.98 Å². The van der Waals surface area contributed by atoms with Gasteiger partial charge in [0.15, 0.2) is 3.95 Å². The minimum Gasteiger partial charge on any atom is -0.497 e. The van der Waals surface area contributed by atoms with E-state index in [9.17, 15) is 0 Å². The maximum Gasteiger partial charge on any atom is 0.159 e. The molecule has 2 aromatic carbocycles. The topological polar surface area (TPSA) is 25.0 Å². The summed E-state index contributed by atoms with van der Waals surface area (Å²) < 4.78 is 5.95. The van der Waals surface area contributed by atoms with Crippen molar-refractivity contribution in [2.24, 2.45) is 0 Å². The van der Waals surface area contributed by atoms with Crippen molar-refractivity contribution in [2.75, 3.05) is 7.11 Å². The molecular formula is C16H12ClNOS2. The summed E-state index contributed by atoms with van der Waals surface area (Å²) in [5.74, 6) is 0.839. The van der Waals surface area contributed by atoms with E-state index in [2.05, 4.69) is 4.98 Å². The Hall–Kier alpha value is -1.62. The van der Waals surface area contributed by atoms with Crippen LogP contribution in [0.5, 0.6) is 5.75 Å². The van der Waals surface area contributed by atoms with Gasteiger partial charge in [-0.05, 0) is 59.7 Å². The summed E-state index contributed by atoms with van der Waals surface area (Å²) in [7, 11) is 1.66. The van der Waals surface area contributed by atoms with Crippen LogP contribution in [0.1, 0.15) is 0 Å². The van der Waals surface area contributed by atoms with Crippen molar-refractivity contribution < 1.29 is 4.74 Å². The number of hydrogen-bond acceptors (Lipinski definition) is 3. The number of aromatic amines is 1. The van der Waals surface area contributed by atoms with Gasteiger partial charge in [-0.25, -0.2) is 0 Å². The molecule has 0 bridgehead atoms. The summed E-state index contributed by atoms with van der Waals surface area (Å²) in [6.45, 7) is 0. The Morgan fingerprint density at radius 1 is 1.00 bits per heavy atom. The van der Waals surface area contributed by atoms with Gasteiger partial charge in [0.1, 0.15) is 5.75 Å². The van der Waals surface area contributed by atoms with Crippen LogP contribution >= 0.6 is 35.2 Å². The number of aromatic nitrogens is 1. The summed E-state index contributed by atoms with van der Waals surface area (Å²) >= 11 is 12.8. The fourth-order valence-corrected chi connectivity index (χ4v) is 3.43. The van der Waals surface area contributed by atoms with Crippen molar-refractivity contribution in [3.63, 3.8) is 0 Å². The summed E-state index contributed by atoms with van der Waals surface area (Å²) in [6, 6.07) is 15.7. The smallest absolute Gasteiger partial charge is 0.159 e. The molecule has 0 aliphatic heterocycles. The second-order valence-electron chi connectivity index (χ2n) is 4.45. The summed E-state index contributed by atoms with van der Waals surface area (Å²) in [5.41, 5.74) is 3.20. The molecule has 3 aromatic rings. The Morgan fingerprint density at radius 3 is 2.24 bits per heavy atom. The Labute approximate surface area is 137 Å². The first-order valence-corrected chi connectivity index (χ1v) is 7.91. The van der Waals surface area contributed by atoms with Crippen LogP contribution in [0.15, 0.2) is 48.5 Å². The third kappa shape index (κ3) is 3.02. The minimum absolute atomic E-state index is 0.721. The largest absolute Gasteiger partial charge is 0.497 e. The van der Waals surface area contributed by atoms with E-state index in [1.54, 1.807) is 18.4 Å². The van der Waals surface area contributed by atoms with E-state index < -0.39 is 0 Å². The maximum absolute atomic E-state index is 5.95. The molecule has 1 N–H and O–H groups in total. The lowest BCUT2D eigenvalue weighted by Crippen LogP contribution is -1.84. The minimum atomic E-state index is 0.721. The molecule has 0 unspecified atom stereocenters. The molecule has 0 atom stereocenters. The molecule has 106 valence electrons. The van der Waals surface area contributed by atoms with E-state index in [0.717, 1.165) is 36.4 Å². The van der Waals surface area contributed by atoms with Gasteiger partial charge in [-0.15, -0.1) is 11.3 Å². The molecule has 21 heavy (non-hydrogen) atoms. The van der Waals surface area contributed by atoms with Crippen LogP contribution in [-0.2, 0) is 0 Å². The fraction of sp³-hybridized carbons (Fsp3) is 0.0625. The highest BCUT2D eigenvalue weighted by molar-refractivity contribution is 7.73. The van der Waals surface area contributed by atoms with E-state index in [4.69, 9.17) is 28.6 Å². The predicted octanol–water partition coefficient (Wildman–Crippen LogP) is 5.80. The quantitative estimate of drug-likeness (QED) is 0.612. The van der Waals surface area contributed by atoms with Gasteiger partial charge in [0.05, 0.1) is 17.7 Å². The highest BCUT2D eigenvalue weighted by atomic mass is 35.5. The van der Waals surface area contributed by atoms with Gasteiger partial charge >= 0.3 is 0 Å². The van der Waals surface area contributed by atoms with E-state index in [-0.39, 0.29) is 0 Å². The average Bonchev–Trinajstić information content (AvgIpc) is 2.90. The number of H-pyrrole nitrogens is 1. The molecule has 5 heteroatoms. The lowest BCUT2D eigenvalue weighted by atomic mass is 10.1. The summed E-state index contributed by atoms with van der Waals surface area (Å²) in [6.07, 6.45) is 0. The second kappa shape index (κ2) is 6.02. The van der Waals surface area contributed by atoms with Crippen LogP contribution in [0.4, 0.5) is 0 Å². The number of nitrogens with one attached hydrogen (secondary N) is 1. The first-order chi connectivity index (χ1) is 10.2. The zero-order valence-electron chi connectivity index (χ0n) is 11.2. The van der Waals surface area contributed by atoms with Crippen LogP contribution in [-0.4, -0.2) is 12.1 Å². The van der Waals surface area contributed by atoms with Crippen LogP contribution < -0.4 is 4.74 Å². The number of thiazole rings is 1. The predicted molar refractivity (Wildman–Crippen MR) is 91.9 cm³/mol. The van der Waals surface area contributed by atoms with Gasteiger partial charge in [-0.3, -0.25) is 0 Å². The summed E-state index contributed by atoms with van der Waals surface area (Å²) in [5, 5.41) is 0.721. The number of methoxy groups -OCH3 is 1. The Morgan fingerprint density at radius 2 is 1.62 bits per heavy atom. The van der Waals surface area contributed by atoms with Crippen molar-refractivity contribution in [2.45, 2.75) is 0 Å². The molecule has 0 aliphatic rings. The molecule has 0 radical (unpaired) electrons. The molecule has 0 spiro atoms. The maximum atomic E-state index is 5.95. The molecule has 0 aliphatic carbocycles. The van der Waals surface area contributed by atoms with Crippen molar-refractivity contribution >= 4 is 35.2 Å². The Balaban J connectivity index is 2.10. The number of hydrogen-bond donors (Lipinski definition) is 1. The van der Waals surface area contributed by atoms with Crippen molar-refractivity contribution in [3.05, 3.63) is 57.5 Å². The molecule has 0 saturated heterocycles. The van der Waals surface area contributed by atoms with E-state index in [1.165, 1.54) is 0 Å². The fourth-order valence-electron chi connectivity index (χ4n) is 2.09. The first-order valence-electron chi connectivity index (χ1n) is 6.31. The first kappa shape index (κ1) is 14.3. The number of halogens is 1. The van der Waals surface area contributed by atoms with Crippen molar-refractivity contribution in [1.29, 1.82) is 0 Å². The Kier molecular flexibility index (Phi) is 4.10. The van der Waals surface area contributed by atoms with E-state index in [1.807, 2.05) is 48.5 Å². The van der Waals surface area contributed by atoms with Crippen molar-refractivity contribution in [3.8, 4) is 27.4 Å². The van der Waals surface area contributed by atoms with Crippen LogP contribution in [0.25, 0.3) is 21.7 Å². The Bertz CT molecular complexity index is 804. The van der Waals surface area contributed by atoms with Crippen LogP contribution in [0.3, 0.4) is 0 Å². The number of rotatable bonds is 3. The molecule has 2 nitrogen and oxygen atoms in total. The van der Waals surface area contributed by atoms with E-state index >= 15 is 0 Å². The number of benzene rings is 2. The lowest BCUT2D eigenvalue weighted by molar-refractivity contribution is 0.415. The van der Waals surface area contributed by atoms with Crippen LogP contribution in [0.2, 0.25) is 5.02 Å². The molecule has 0 amide bonds. The zero-order chi connectivity index (χ0) is 14.8. The molecule has 0 saturated carbocycles. The second-order valence-corrected chi connectivity index (χ2v) is 6.58. The zero-order valence-corrected chi connectivity index (χ0v) is 13.6. The van der Waals surface area contributed by atoms with Gasteiger partial charge in [0.25, 0.3) is 0 Å². The van der Waals surface area contributed by atoms with E-state index in [0.29, 0.717) is 0 Å². The van der Waals surface area contributed by atoms with Crippen LogP contribution in [0, 0.1) is 3.95 Å². The SMILES string of the molecule is COc1ccc(-c2sc(=S)[nH]c2-c2ccc(Cl)cc2)cc1. The van der Waals surface area contributed by atoms with Gasteiger partial charge in [0.2, 0.25) is 0 Å². The lowest BCUT2D eigenvalue weighted by Gasteiger charge is -2.05. The molecule has 1 heterocycles. The van der Waals surface area contributed by atoms with Gasteiger partial charge in [-0.1, -0.05) is 23.7 Å². The molecular weight excluding hydrogens is 322 g/mol. The molecule has 1 aromatic heterocycles. The highest BCUT2D eigenvalue weighted by Gasteiger charge is 2.11. The standard InChI is InChI=1S/C16H12ClNOS2/c1-19-13-8-4-11(5-9-13)15-14(18-16(20)21-15)10-2-6-12(17)7-3-10/h2-9H,1H3,(H,18,20). The third-order valence-corrected chi connectivity index (χ3v) is 4.67. The third-order valence-electron chi connectivity index (χ3n) is 3.13. The monoisotopic (exact) mass is 333 g/mol. The average molecular weight is 334 g/mol. The van der Waals surface area contributed by atoms with Gasteiger partial charge in [-0.2, -0.15) is 0 Å².